The number of piperidine rings is 1. The van der Waals surface area contributed by atoms with Crippen LogP contribution in [0.5, 0.6) is 5.75 Å². The summed E-state index contributed by atoms with van der Waals surface area (Å²) in [6.45, 7) is 0.327. The van der Waals surface area contributed by atoms with Crippen molar-refractivity contribution in [3.63, 3.8) is 0 Å². The van der Waals surface area contributed by atoms with Crippen molar-refractivity contribution in [2.45, 2.75) is 89.1 Å². The van der Waals surface area contributed by atoms with E-state index in [1.54, 1.807) is 37.3 Å². The Morgan fingerprint density at radius 3 is 2.45 bits per heavy atom. The van der Waals surface area contributed by atoms with Gasteiger partial charge < -0.3 is 19.5 Å². The highest BCUT2D eigenvalue weighted by molar-refractivity contribution is 6.24. The van der Waals surface area contributed by atoms with Gasteiger partial charge in [-0.05, 0) is 68.0 Å². The first kappa shape index (κ1) is 37.4. The van der Waals surface area contributed by atoms with Crippen LogP contribution in [-0.4, -0.2) is 86.4 Å². The van der Waals surface area contributed by atoms with Crippen LogP contribution in [0.25, 0.3) is 11.0 Å². The summed E-state index contributed by atoms with van der Waals surface area (Å²) in [4.78, 5) is 87.8. The van der Waals surface area contributed by atoms with Crippen molar-refractivity contribution in [2.24, 2.45) is 0 Å². The average Bonchev–Trinajstić information content (AvgIpc) is 3.89. The van der Waals surface area contributed by atoms with Gasteiger partial charge in [0.2, 0.25) is 17.8 Å². The number of nitrogens with zero attached hydrogens (tertiary/aromatic N) is 5. The van der Waals surface area contributed by atoms with Crippen LogP contribution in [0.2, 0.25) is 0 Å². The Morgan fingerprint density at radius 1 is 0.945 bits per heavy atom. The SMILES string of the molecule is CN(C)C(=O)c1cc2cnc(Nc3ccc(CC(=O)CCCCCCOc4cccc5c4C(=O)N(C4CCC(=O)NC4=O)C5=O)cc3)nc2n1C1CCCC1. The van der Waals surface area contributed by atoms with Gasteiger partial charge in [-0.1, -0.05) is 43.9 Å². The number of rotatable bonds is 15. The minimum Gasteiger partial charge on any atom is -0.493 e. The zero-order chi connectivity index (χ0) is 38.6. The zero-order valence-corrected chi connectivity index (χ0v) is 31.1. The summed E-state index contributed by atoms with van der Waals surface area (Å²) in [6, 6.07) is 13.6. The summed E-state index contributed by atoms with van der Waals surface area (Å²) < 4.78 is 8.00. The van der Waals surface area contributed by atoms with E-state index in [1.807, 2.05) is 30.3 Å². The topological polar surface area (TPSA) is 173 Å². The number of unbranched alkanes of at least 4 members (excludes halogenated alkanes) is 3. The number of benzene rings is 2. The fourth-order valence-electron chi connectivity index (χ4n) is 7.71. The summed E-state index contributed by atoms with van der Waals surface area (Å²) in [7, 11) is 3.51. The number of fused-ring (bicyclic) bond motifs is 2. The van der Waals surface area contributed by atoms with Gasteiger partial charge in [-0.2, -0.15) is 4.98 Å². The molecule has 1 saturated carbocycles. The number of ketones is 1. The van der Waals surface area contributed by atoms with Gasteiger partial charge in [-0.25, -0.2) is 4.98 Å². The maximum absolute atomic E-state index is 13.2. The molecule has 14 heteroatoms. The van der Waals surface area contributed by atoms with E-state index in [4.69, 9.17) is 9.72 Å². The maximum Gasteiger partial charge on any atom is 0.270 e. The second kappa shape index (κ2) is 16.2. The molecule has 0 radical (unpaired) electrons. The largest absolute Gasteiger partial charge is 0.493 e. The number of nitrogens with one attached hydrogen (secondary N) is 2. The molecule has 5 amide bonds. The molecule has 55 heavy (non-hydrogen) atoms. The van der Waals surface area contributed by atoms with E-state index in [9.17, 15) is 28.8 Å². The Bertz CT molecular complexity index is 2150. The van der Waals surface area contributed by atoms with Gasteiger partial charge in [0.15, 0.2) is 0 Å². The molecule has 14 nitrogen and oxygen atoms in total. The molecule has 4 heterocycles. The molecule has 2 aromatic heterocycles. The first-order valence-electron chi connectivity index (χ1n) is 19.0. The van der Waals surface area contributed by atoms with Crippen molar-refractivity contribution in [1.82, 2.24) is 29.7 Å². The van der Waals surface area contributed by atoms with Crippen molar-refractivity contribution in [3.05, 3.63) is 77.1 Å². The summed E-state index contributed by atoms with van der Waals surface area (Å²) in [5.74, 6) is -1.41. The number of hydrogen-bond acceptors (Lipinski definition) is 10. The maximum atomic E-state index is 13.2. The summed E-state index contributed by atoms with van der Waals surface area (Å²) >= 11 is 0. The molecule has 4 aromatic rings. The first-order valence-corrected chi connectivity index (χ1v) is 19.0. The van der Waals surface area contributed by atoms with Gasteiger partial charge in [-0.15, -0.1) is 0 Å². The highest BCUT2D eigenvalue weighted by Crippen LogP contribution is 2.36. The predicted molar refractivity (Wildman–Crippen MR) is 203 cm³/mol. The van der Waals surface area contributed by atoms with Crippen LogP contribution in [0.1, 0.15) is 113 Å². The Balaban J connectivity index is 0.851. The van der Waals surface area contributed by atoms with Crippen molar-refractivity contribution in [3.8, 4) is 5.75 Å². The van der Waals surface area contributed by atoms with Gasteiger partial charge in [0.05, 0.1) is 17.7 Å². The quantitative estimate of drug-likeness (QED) is 0.116. The van der Waals surface area contributed by atoms with Crippen LogP contribution in [0.3, 0.4) is 0 Å². The number of hydrogen-bond donors (Lipinski definition) is 2. The van der Waals surface area contributed by atoms with Crippen LogP contribution >= 0.6 is 0 Å². The molecule has 1 aliphatic carbocycles. The molecule has 0 spiro atoms. The number of aromatic nitrogens is 3. The minimum absolute atomic E-state index is 0.0512. The number of imide groups is 2. The number of ether oxygens (including phenoxy) is 1. The molecule has 0 bridgehead atoms. The lowest BCUT2D eigenvalue weighted by Crippen LogP contribution is -2.54. The molecule has 2 aliphatic heterocycles. The third kappa shape index (κ3) is 7.98. The Kier molecular flexibility index (Phi) is 11.0. The molecular formula is C41H45N7O7. The number of amides is 5. The van der Waals surface area contributed by atoms with E-state index in [1.165, 1.54) is 6.07 Å². The molecule has 2 fully saturated rings. The molecule has 2 N–H and O–H groups in total. The lowest BCUT2D eigenvalue weighted by Gasteiger charge is -2.27. The minimum atomic E-state index is -1.03. The van der Waals surface area contributed by atoms with Crippen LogP contribution in [-0.2, 0) is 20.8 Å². The van der Waals surface area contributed by atoms with Crippen LogP contribution in [0.4, 0.5) is 11.6 Å². The van der Waals surface area contributed by atoms with Crippen LogP contribution in [0.15, 0.2) is 54.7 Å². The third-order valence-corrected chi connectivity index (χ3v) is 10.5. The molecular weight excluding hydrogens is 702 g/mol. The number of carbonyl (C=O) groups excluding carboxylic acids is 6. The first-order chi connectivity index (χ1) is 26.6. The van der Waals surface area contributed by atoms with Crippen molar-refractivity contribution >= 4 is 58.0 Å². The summed E-state index contributed by atoms with van der Waals surface area (Å²) in [5.41, 5.74) is 3.42. The summed E-state index contributed by atoms with van der Waals surface area (Å²) in [5, 5.41) is 6.31. The van der Waals surface area contributed by atoms with E-state index < -0.39 is 29.7 Å². The van der Waals surface area contributed by atoms with Gasteiger partial charge >= 0.3 is 0 Å². The second-order valence-corrected chi connectivity index (χ2v) is 14.7. The van der Waals surface area contributed by atoms with E-state index >= 15 is 0 Å². The highest BCUT2D eigenvalue weighted by atomic mass is 16.5. The average molecular weight is 748 g/mol. The molecule has 3 aliphatic rings. The molecule has 2 aromatic carbocycles. The van der Waals surface area contributed by atoms with Gasteiger partial charge in [0.25, 0.3) is 17.7 Å². The van der Waals surface area contributed by atoms with E-state index in [0.29, 0.717) is 37.5 Å². The van der Waals surface area contributed by atoms with Gasteiger partial charge in [-0.3, -0.25) is 39.0 Å². The molecule has 286 valence electrons. The number of Topliss-reactive ketones (excluding diaryl/α,β-unsaturated/α-hetero) is 1. The molecule has 7 rings (SSSR count). The van der Waals surface area contributed by atoms with Crippen molar-refractivity contribution in [2.75, 3.05) is 26.0 Å². The lowest BCUT2D eigenvalue weighted by atomic mass is 10.0. The van der Waals surface area contributed by atoms with Crippen LogP contribution in [0, 0.1) is 0 Å². The number of carbonyl (C=O) groups is 6. The predicted octanol–water partition coefficient (Wildman–Crippen LogP) is 5.53. The Hall–Kier alpha value is -5.92. The van der Waals surface area contributed by atoms with Gasteiger partial charge in [0.1, 0.15) is 28.9 Å². The van der Waals surface area contributed by atoms with Gasteiger partial charge in [0, 0.05) is 56.7 Å². The van der Waals surface area contributed by atoms with E-state index in [0.717, 1.165) is 72.1 Å². The van der Waals surface area contributed by atoms with E-state index in [2.05, 4.69) is 20.2 Å². The fourth-order valence-corrected chi connectivity index (χ4v) is 7.71. The van der Waals surface area contributed by atoms with Crippen LogP contribution < -0.4 is 15.4 Å². The monoisotopic (exact) mass is 747 g/mol. The van der Waals surface area contributed by atoms with Crippen molar-refractivity contribution < 1.29 is 33.5 Å². The normalized spacial score (nSPS) is 17.1. The smallest absolute Gasteiger partial charge is 0.270 e. The second-order valence-electron chi connectivity index (χ2n) is 14.7. The third-order valence-electron chi connectivity index (χ3n) is 10.5. The zero-order valence-electron chi connectivity index (χ0n) is 31.1. The number of anilines is 2. The molecule has 1 saturated heterocycles. The molecule has 1 unspecified atom stereocenters. The highest BCUT2D eigenvalue weighted by Gasteiger charge is 2.46. The van der Waals surface area contributed by atoms with Crippen molar-refractivity contribution in [1.29, 1.82) is 0 Å². The lowest BCUT2D eigenvalue weighted by molar-refractivity contribution is -0.136. The Morgan fingerprint density at radius 2 is 1.71 bits per heavy atom. The molecule has 1 atom stereocenters. The standard InChI is InChI=1S/C41H45N7O7/c1-46(2)39(53)32-23-26-24-42-41(45-36(26)47(32)28-10-6-7-11-28)43-27-17-15-25(16-18-27)22-29(49)12-5-3-4-8-21-55-33-14-9-13-30-35(33)40(54)48(38(30)52)31-19-20-34(50)44-37(31)51/h9,13-18,23-24,28,31H,3-8,10-12,19-22H2,1-2H3,(H,42,43,45)(H,44,50,51). The van der Waals surface area contributed by atoms with E-state index in [-0.39, 0.29) is 47.5 Å². The summed E-state index contributed by atoms with van der Waals surface area (Å²) in [6.07, 6.45) is 10.1. The fraction of sp³-hybridized carbons (Fsp3) is 0.415. The Labute approximate surface area is 318 Å².